The minimum Gasteiger partial charge on any atom is -0.462 e. The van der Waals surface area contributed by atoms with E-state index in [1.54, 1.807) is 25.3 Å². The predicted molar refractivity (Wildman–Crippen MR) is 209 cm³/mol. The van der Waals surface area contributed by atoms with Gasteiger partial charge in [0.05, 0.1) is 28.3 Å². The number of benzene rings is 1. The summed E-state index contributed by atoms with van der Waals surface area (Å²) >= 11 is 0. The minimum atomic E-state index is -0.390. The number of carbonyl (C=O) groups is 2. The van der Waals surface area contributed by atoms with Crippen LogP contribution in [0.1, 0.15) is 137 Å². The second-order valence-corrected chi connectivity index (χ2v) is 19.9. The number of nitro benzene ring substituents is 1. The smallest absolute Gasteiger partial charge is 0.302 e. The van der Waals surface area contributed by atoms with Crippen molar-refractivity contribution < 1.29 is 19.2 Å². The van der Waals surface area contributed by atoms with Gasteiger partial charge in [-0.05, 0) is 142 Å². The summed E-state index contributed by atoms with van der Waals surface area (Å²) in [5.41, 5.74) is 2.98. The van der Waals surface area contributed by atoms with Crippen molar-refractivity contribution in [2.24, 2.45) is 56.7 Å². The molecule has 0 bridgehead atoms. The fourth-order valence-corrected chi connectivity index (χ4v) is 14.9. The van der Waals surface area contributed by atoms with E-state index in [1.807, 2.05) is 0 Å². The van der Waals surface area contributed by atoms with Crippen LogP contribution >= 0.6 is 0 Å². The number of hydrogen-bond donors (Lipinski definition) is 1. The molecule has 1 amide bonds. The first-order valence-corrected chi connectivity index (χ1v) is 20.9. The number of ether oxygens (including phenoxy) is 1. The summed E-state index contributed by atoms with van der Waals surface area (Å²) in [6, 6.07) is 6.44. The second-order valence-electron chi connectivity index (χ2n) is 19.9. The lowest BCUT2D eigenvalue weighted by Gasteiger charge is -2.73. The van der Waals surface area contributed by atoms with Gasteiger partial charge in [-0.1, -0.05) is 46.8 Å². The largest absolute Gasteiger partial charge is 0.462 e. The third-order valence-electron chi connectivity index (χ3n) is 17.6. The van der Waals surface area contributed by atoms with Gasteiger partial charge in [-0.2, -0.15) is 0 Å². The molecule has 6 fully saturated rings. The van der Waals surface area contributed by atoms with Gasteiger partial charge in [0.25, 0.3) is 5.69 Å². The molecule has 0 radical (unpaired) electrons. The maximum Gasteiger partial charge on any atom is 0.302 e. The van der Waals surface area contributed by atoms with Gasteiger partial charge in [0.1, 0.15) is 11.9 Å². The van der Waals surface area contributed by atoms with Crippen LogP contribution < -0.4 is 0 Å². The molecule has 1 N–H and O–H groups in total. The SMILES string of the molecule is C=C(C)[C@@H]1CC[C@]2(C(=O)N3CCCC3c3ncc(-c4ccc([N+](=O)[O-])cc4)[nH]3)CC[C@]3(C)[C@H](CCC4[C@@]5(C)CC[C@H](OC(C)=O)C(C)(C)C5CC[C@]43C)C12. The highest BCUT2D eigenvalue weighted by Gasteiger charge is 2.72. The van der Waals surface area contributed by atoms with E-state index in [2.05, 4.69) is 58.0 Å². The molecule has 5 saturated carbocycles. The zero-order valence-electron chi connectivity index (χ0n) is 33.7. The van der Waals surface area contributed by atoms with E-state index in [0.717, 1.165) is 87.8 Å². The summed E-state index contributed by atoms with van der Waals surface area (Å²) in [7, 11) is 0. The summed E-state index contributed by atoms with van der Waals surface area (Å²) in [6.07, 6.45) is 14.3. The Hall–Kier alpha value is -3.49. The molecule has 2 aromatic rings. The third kappa shape index (κ3) is 5.24. The fourth-order valence-electron chi connectivity index (χ4n) is 14.9. The molecule has 6 aliphatic rings. The number of non-ortho nitro benzene ring substituents is 1. The van der Waals surface area contributed by atoms with Crippen LogP contribution in [0, 0.1) is 66.8 Å². The van der Waals surface area contributed by atoms with Gasteiger partial charge in [-0.3, -0.25) is 19.7 Å². The Kier molecular flexibility index (Phi) is 8.85. The molecule has 292 valence electrons. The monoisotopic (exact) mass is 738 g/mol. The van der Waals surface area contributed by atoms with Crippen LogP contribution in [0.5, 0.6) is 0 Å². The third-order valence-corrected chi connectivity index (χ3v) is 17.6. The maximum atomic E-state index is 15.4. The molecular weight excluding hydrogens is 677 g/mol. The maximum absolute atomic E-state index is 15.4. The van der Waals surface area contributed by atoms with Gasteiger partial charge in [0, 0.05) is 36.6 Å². The van der Waals surface area contributed by atoms with Gasteiger partial charge in [-0.15, -0.1) is 0 Å². The number of amides is 1. The molecular formula is C45H62N4O5. The Morgan fingerprint density at radius 1 is 0.907 bits per heavy atom. The number of hydrogen-bond acceptors (Lipinski definition) is 6. The zero-order valence-corrected chi connectivity index (χ0v) is 33.7. The van der Waals surface area contributed by atoms with E-state index in [-0.39, 0.29) is 56.3 Å². The van der Waals surface area contributed by atoms with Crippen molar-refractivity contribution in [2.75, 3.05) is 6.54 Å². The fraction of sp³-hybridized carbons (Fsp3) is 0.711. The molecule has 54 heavy (non-hydrogen) atoms. The number of imidazole rings is 1. The van der Waals surface area contributed by atoms with Crippen LogP contribution in [0.3, 0.4) is 0 Å². The zero-order chi connectivity index (χ0) is 38.6. The number of carbonyl (C=O) groups excluding carboxylic acids is 2. The highest BCUT2D eigenvalue weighted by molar-refractivity contribution is 5.84. The van der Waals surface area contributed by atoms with Crippen LogP contribution in [0.2, 0.25) is 0 Å². The molecule has 1 aromatic heterocycles. The Balaban J connectivity index is 1.09. The van der Waals surface area contributed by atoms with E-state index in [9.17, 15) is 14.9 Å². The van der Waals surface area contributed by atoms with Gasteiger partial charge in [0.2, 0.25) is 5.91 Å². The number of aromatic amines is 1. The summed E-state index contributed by atoms with van der Waals surface area (Å²) in [5.74, 6) is 3.19. The molecule has 0 spiro atoms. The van der Waals surface area contributed by atoms with Crippen molar-refractivity contribution in [3.8, 4) is 11.3 Å². The number of fused-ring (bicyclic) bond motifs is 7. The lowest BCUT2D eigenvalue weighted by Crippen LogP contribution is -2.67. The van der Waals surface area contributed by atoms with Crippen molar-refractivity contribution in [2.45, 2.75) is 138 Å². The van der Waals surface area contributed by atoms with Gasteiger partial charge >= 0.3 is 5.97 Å². The number of nitrogens with one attached hydrogen (secondary N) is 1. The Bertz CT molecular complexity index is 1850. The average Bonchev–Trinajstić information content (AvgIpc) is 3.89. The molecule has 1 saturated heterocycles. The van der Waals surface area contributed by atoms with E-state index >= 15 is 4.79 Å². The molecule has 4 unspecified atom stereocenters. The van der Waals surface area contributed by atoms with Crippen molar-refractivity contribution in [3.05, 3.63) is 58.6 Å². The van der Waals surface area contributed by atoms with E-state index in [0.29, 0.717) is 29.6 Å². The highest BCUT2D eigenvalue weighted by atomic mass is 16.6. The Morgan fingerprint density at radius 3 is 2.33 bits per heavy atom. The van der Waals surface area contributed by atoms with Gasteiger partial charge in [-0.25, -0.2) is 4.98 Å². The lowest BCUT2D eigenvalue weighted by molar-refractivity contribution is -0.384. The quantitative estimate of drug-likeness (QED) is 0.136. The first-order valence-electron chi connectivity index (χ1n) is 20.9. The van der Waals surface area contributed by atoms with Crippen LogP contribution in [0.25, 0.3) is 11.3 Å². The number of esters is 1. The van der Waals surface area contributed by atoms with Crippen molar-refractivity contribution >= 4 is 17.6 Å². The molecule has 5 aliphatic carbocycles. The van der Waals surface area contributed by atoms with Crippen molar-refractivity contribution in [3.63, 3.8) is 0 Å². The van der Waals surface area contributed by atoms with Crippen molar-refractivity contribution in [1.29, 1.82) is 0 Å². The normalized spacial score (nSPS) is 40.9. The summed E-state index contributed by atoms with van der Waals surface area (Å²) in [6.45, 7) is 21.7. The number of likely N-dealkylation sites (tertiary alicyclic amines) is 1. The van der Waals surface area contributed by atoms with Crippen molar-refractivity contribution in [1.82, 2.24) is 14.9 Å². The first kappa shape index (κ1) is 37.4. The minimum absolute atomic E-state index is 0.0232. The predicted octanol–water partition coefficient (Wildman–Crippen LogP) is 10.2. The first-order chi connectivity index (χ1) is 25.5. The molecule has 1 aliphatic heterocycles. The van der Waals surface area contributed by atoms with Crippen LogP contribution in [0.4, 0.5) is 5.69 Å². The number of aromatic nitrogens is 2. The standard InChI is InChI=1S/C45H62N4O5/c1-27(2)31-17-22-45(40(51)48-25-9-10-34(48)39-46-26-33(47-39)29-11-13-30(14-12-29)49(52)53)24-23-43(7)32(38(31)45)15-16-36-42(6)20-19-37(54-28(3)50)41(4,5)35(42)18-21-44(36,43)8/h11-14,26,31-32,34-38H,1,9-10,15-25H2,2-8H3,(H,46,47)/t31-,32+,34?,35?,36?,37-,38?,42-,43+,44+,45-/m0/s1. The van der Waals surface area contributed by atoms with E-state index < -0.39 is 5.41 Å². The molecule has 1 aromatic carbocycles. The number of allylic oxidation sites excluding steroid dienone is 1. The number of rotatable bonds is 6. The number of nitrogens with zero attached hydrogens (tertiary/aromatic N) is 3. The van der Waals surface area contributed by atoms with Crippen LogP contribution in [-0.2, 0) is 14.3 Å². The van der Waals surface area contributed by atoms with Crippen LogP contribution in [0.15, 0.2) is 42.6 Å². The summed E-state index contributed by atoms with van der Waals surface area (Å²) in [5, 5.41) is 11.2. The molecule has 11 atom stereocenters. The average molecular weight is 739 g/mol. The second kappa shape index (κ2) is 12.8. The molecule has 9 nitrogen and oxygen atoms in total. The summed E-state index contributed by atoms with van der Waals surface area (Å²) in [4.78, 5) is 48.9. The molecule has 8 rings (SSSR count). The van der Waals surface area contributed by atoms with E-state index in [1.165, 1.54) is 30.5 Å². The Labute approximate surface area is 321 Å². The number of nitro groups is 1. The Morgan fingerprint density at radius 2 is 1.65 bits per heavy atom. The topological polar surface area (TPSA) is 118 Å². The molecule has 2 heterocycles. The van der Waals surface area contributed by atoms with Gasteiger partial charge < -0.3 is 14.6 Å². The molecule has 9 heteroatoms. The summed E-state index contributed by atoms with van der Waals surface area (Å²) < 4.78 is 5.98. The number of H-pyrrole nitrogens is 1. The highest BCUT2D eigenvalue weighted by Crippen LogP contribution is 2.78. The lowest BCUT2D eigenvalue weighted by atomic mass is 9.32. The van der Waals surface area contributed by atoms with Gasteiger partial charge in [0.15, 0.2) is 0 Å². The van der Waals surface area contributed by atoms with Crippen LogP contribution in [-0.4, -0.2) is 44.3 Å². The van der Waals surface area contributed by atoms with E-state index in [4.69, 9.17) is 9.72 Å².